The molecule has 2 N–H and O–H groups in total. The van der Waals surface area contributed by atoms with Crippen LogP contribution in [0.25, 0.3) is 10.8 Å². The third-order valence-electron chi connectivity index (χ3n) is 4.58. The van der Waals surface area contributed by atoms with Crippen LogP contribution >= 0.6 is 0 Å². The third-order valence-corrected chi connectivity index (χ3v) is 4.58. The zero-order valence-electron chi connectivity index (χ0n) is 13.2. The average Bonchev–Trinajstić information content (AvgIpc) is 2.58. The molecule has 2 aromatic carbocycles. The molecular weight excluding hydrogens is 306 g/mol. The number of amides is 1. The molecule has 2 atom stereocenters. The molecule has 0 aliphatic heterocycles. The molecule has 124 valence electrons. The van der Waals surface area contributed by atoms with Gasteiger partial charge in [-0.25, -0.2) is 4.79 Å². The van der Waals surface area contributed by atoms with E-state index in [0.717, 1.165) is 10.8 Å². The van der Waals surface area contributed by atoms with Crippen LogP contribution in [0.15, 0.2) is 42.5 Å². The van der Waals surface area contributed by atoms with E-state index in [0.29, 0.717) is 24.8 Å². The van der Waals surface area contributed by atoms with Crippen molar-refractivity contribution in [3.8, 4) is 0 Å². The number of hydrogen-bond donors (Lipinski definition) is 2. The molecule has 0 radical (unpaired) electrons. The van der Waals surface area contributed by atoms with Gasteiger partial charge >= 0.3 is 5.97 Å². The van der Waals surface area contributed by atoms with E-state index in [2.05, 4.69) is 5.32 Å². The molecule has 0 saturated heterocycles. The number of rotatable bonds is 4. The second-order valence-corrected chi connectivity index (χ2v) is 6.21. The van der Waals surface area contributed by atoms with Gasteiger partial charge in [-0.05, 0) is 35.6 Å². The van der Waals surface area contributed by atoms with Gasteiger partial charge in [0.2, 0.25) is 0 Å². The molecule has 0 spiro atoms. The van der Waals surface area contributed by atoms with E-state index in [1.54, 1.807) is 12.1 Å². The highest BCUT2D eigenvalue weighted by molar-refractivity contribution is 6.08. The Hall–Kier alpha value is -2.69. The largest absolute Gasteiger partial charge is 0.480 e. The predicted octanol–water partition coefficient (Wildman–Crippen LogP) is 2.78. The van der Waals surface area contributed by atoms with Crippen LogP contribution in [0.1, 0.15) is 36.0 Å². The molecule has 1 aliphatic rings. The van der Waals surface area contributed by atoms with Crippen molar-refractivity contribution in [1.82, 2.24) is 5.32 Å². The number of Topliss-reactive ketones (excluding diaryl/α,β-unsaturated/α-hetero) is 1. The van der Waals surface area contributed by atoms with Crippen LogP contribution in [-0.2, 0) is 9.59 Å². The van der Waals surface area contributed by atoms with Crippen LogP contribution in [-0.4, -0.2) is 28.8 Å². The van der Waals surface area contributed by atoms with Gasteiger partial charge in [0.05, 0.1) is 0 Å². The number of nitrogens with one attached hydrogen (secondary N) is 1. The fourth-order valence-corrected chi connectivity index (χ4v) is 3.37. The van der Waals surface area contributed by atoms with Crippen molar-refractivity contribution in [3.05, 3.63) is 48.0 Å². The van der Waals surface area contributed by atoms with Gasteiger partial charge < -0.3 is 10.4 Å². The SMILES string of the molecule is O=C1CCC[C@H]([C@H](NC(=O)c2cccc3ccccc23)C(=O)O)C1. The van der Waals surface area contributed by atoms with E-state index >= 15 is 0 Å². The Bertz CT molecular complexity index is 794. The van der Waals surface area contributed by atoms with Gasteiger partial charge in [-0.1, -0.05) is 36.4 Å². The Morgan fingerprint density at radius 1 is 1.12 bits per heavy atom. The monoisotopic (exact) mass is 325 g/mol. The van der Waals surface area contributed by atoms with E-state index in [9.17, 15) is 19.5 Å². The number of carbonyl (C=O) groups excluding carboxylic acids is 2. The van der Waals surface area contributed by atoms with E-state index < -0.39 is 17.9 Å². The summed E-state index contributed by atoms with van der Waals surface area (Å²) in [6.45, 7) is 0. The van der Waals surface area contributed by atoms with Crippen LogP contribution in [0.2, 0.25) is 0 Å². The number of carbonyl (C=O) groups is 3. The topological polar surface area (TPSA) is 83.5 Å². The van der Waals surface area contributed by atoms with Gasteiger partial charge in [0, 0.05) is 18.4 Å². The minimum atomic E-state index is -1.09. The molecule has 1 fully saturated rings. The number of carboxylic acids is 1. The number of aliphatic carboxylic acids is 1. The van der Waals surface area contributed by atoms with Gasteiger partial charge in [0.1, 0.15) is 11.8 Å². The van der Waals surface area contributed by atoms with Crippen molar-refractivity contribution < 1.29 is 19.5 Å². The van der Waals surface area contributed by atoms with Crippen molar-refractivity contribution in [2.75, 3.05) is 0 Å². The molecule has 0 unspecified atom stereocenters. The molecular formula is C19H19NO4. The lowest BCUT2D eigenvalue weighted by Crippen LogP contribution is -2.47. The van der Waals surface area contributed by atoms with Crippen molar-refractivity contribution in [2.24, 2.45) is 5.92 Å². The van der Waals surface area contributed by atoms with Crippen LogP contribution in [0.4, 0.5) is 0 Å². The molecule has 0 bridgehead atoms. The molecule has 0 aromatic heterocycles. The maximum Gasteiger partial charge on any atom is 0.326 e. The molecule has 1 saturated carbocycles. The highest BCUT2D eigenvalue weighted by Crippen LogP contribution is 2.25. The molecule has 5 nitrogen and oxygen atoms in total. The quantitative estimate of drug-likeness (QED) is 0.905. The van der Waals surface area contributed by atoms with E-state index in [-0.39, 0.29) is 18.1 Å². The average molecular weight is 325 g/mol. The van der Waals surface area contributed by atoms with Crippen LogP contribution in [0.5, 0.6) is 0 Å². The number of carboxylic acid groups (broad SMARTS) is 1. The second kappa shape index (κ2) is 6.83. The highest BCUT2D eigenvalue weighted by Gasteiger charge is 2.33. The van der Waals surface area contributed by atoms with E-state index in [4.69, 9.17) is 0 Å². The minimum absolute atomic E-state index is 0.0666. The number of benzene rings is 2. The standard InChI is InChI=1S/C19H19NO4/c21-14-8-3-7-13(11-14)17(19(23)24)20-18(22)16-10-4-6-12-5-1-2-9-15(12)16/h1-2,4-6,9-10,13,17H,3,7-8,11H2,(H,20,22)(H,23,24)/t13-,17-/m0/s1. The van der Waals surface area contributed by atoms with E-state index in [1.165, 1.54) is 0 Å². The van der Waals surface area contributed by atoms with Gasteiger partial charge in [-0.15, -0.1) is 0 Å². The molecule has 2 aromatic rings. The molecule has 5 heteroatoms. The Balaban J connectivity index is 1.85. The summed E-state index contributed by atoms with van der Waals surface area (Å²) in [7, 11) is 0. The van der Waals surface area contributed by atoms with Crippen molar-refractivity contribution in [3.63, 3.8) is 0 Å². The van der Waals surface area contributed by atoms with Crippen LogP contribution in [0, 0.1) is 5.92 Å². The summed E-state index contributed by atoms with van der Waals surface area (Å²) in [5.74, 6) is -1.79. The summed E-state index contributed by atoms with van der Waals surface area (Å²) >= 11 is 0. The first kappa shape index (κ1) is 16.2. The van der Waals surface area contributed by atoms with Crippen molar-refractivity contribution in [1.29, 1.82) is 0 Å². The highest BCUT2D eigenvalue weighted by atomic mass is 16.4. The molecule has 0 heterocycles. The van der Waals surface area contributed by atoms with E-state index in [1.807, 2.05) is 30.3 Å². The fraction of sp³-hybridized carbons (Fsp3) is 0.316. The maximum absolute atomic E-state index is 12.6. The maximum atomic E-state index is 12.6. The lowest BCUT2D eigenvalue weighted by atomic mass is 9.83. The molecule has 1 aliphatic carbocycles. The Kier molecular flexibility index (Phi) is 4.60. The Morgan fingerprint density at radius 2 is 1.88 bits per heavy atom. The molecule has 3 rings (SSSR count). The number of hydrogen-bond acceptors (Lipinski definition) is 3. The third kappa shape index (κ3) is 3.30. The van der Waals surface area contributed by atoms with Gasteiger partial charge in [0.15, 0.2) is 0 Å². The predicted molar refractivity (Wildman–Crippen MR) is 89.8 cm³/mol. The normalized spacial score (nSPS) is 19.0. The summed E-state index contributed by atoms with van der Waals surface area (Å²) < 4.78 is 0. The van der Waals surface area contributed by atoms with Gasteiger partial charge in [-0.3, -0.25) is 9.59 Å². The zero-order chi connectivity index (χ0) is 17.1. The van der Waals surface area contributed by atoms with Crippen LogP contribution in [0.3, 0.4) is 0 Å². The fourth-order valence-electron chi connectivity index (χ4n) is 3.37. The molecule has 24 heavy (non-hydrogen) atoms. The molecule has 1 amide bonds. The summed E-state index contributed by atoms with van der Waals surface area (Å²) in [5.41, 5.74) is 0.446. The summed E-state index contributed by atoms with van der Waals surface area (Å²) in [6, 6.07) is 11.8. The first-order valence-corrected chi connectivity index (χ1v) is 8.09. The van der Waals surface area contributed by atoms with Gasteiger partial charge in [0.25, 0.3) is 5.91 Å². The minimum Gasteiger partial charge on any atom is -0.480 e. The van der Waals surface area contributed by atoms with Crippen molar-refractivity contribution >= 4 is 28.4 Å². The first-order valence-electron chi connectivity index (χ1n) is 8.09. The Labute approximate surface area is 139 Å². The lowest BCUT2D eigenvalue weighted by Gasteiger charge is -2.27. The number of fused-ring (bicyclic) bond motifs is 1. The summed E-state index contributed by atoms with van der Waals surface area (Å²) in [5, 5.41) is 13.8. The Morgan fingerprint density at radius 3 is 2.62 bits per heavy atom. The zero-order valence-corrected chi connectivity index (χ0v) is 13.2. The van der Waals surface area contributed by atoms with Crippen LogP contribution < -0.4 is 5.32 Å². The smallest absolute Gasteiger partial charge is 0.326 e. The second-order valence-electron chi connectivity index (χ2n) is 6.21. The first-order chi connectivity index (χ1) is 11.6. The summed E-state index contributed by atoms with van der Waals surface area (Å²) in [4.78, 5) is 35.9. The summed E-state index contributed by atoms with van der Waals surface area (Å²) in [6.07, 6.45) is 2.03. The van der Waals surface area contributed by atoms with Crippen molar-refractivity contribution in [2.45, 2.75) is 31.7 Å². The number of ketones is 1. The van der Waals surface area contributed by atoms with Gasteiger partial charge in [-0.2, -0.15) is 0 Å². The lowest BCUT2D eigenvalue weighted by molar-refractivity contribution is -0.141.